The Kier molecular flexibility index (Phi) is 5.29. The lowest BCUT2D eigenvalue weighted by Gasteiger charge is -2.32. The van der Waals surface area contributed by atoms with Gasteiger partial charge in [0.15, 0.2) is 5.82 Å². The van der Waals surface area contributed by atoms with Gasteiger partial charge in [-0.05, 0) is 55.0 Å². The lowest BCUT2D eigenvalue weighted by atomic mass is 9.90. The van der Waals surface area contributed by atoms with Gasteiger partial charge in [-0.15, -0.1) is 16.4 Å². The van der Waals surface area contributed by atoms with Crippen molar-refractivity contribution in [3.63, 3.8) is 0 Å². The maximum absolute atomic E-state index is 12.9. The fraction of sp³-hybridized carbons (Fsp3) is 0.435. The summed E-state index contributed by atoms with van der Waals surface area (Å²) >= 11 is 1.57. The van der Waals surface area contributed by atoms with Crippen LogP contribution in [0.15, 0.2) is 52.6 Å². The van der Waals surface area contributed by atoms with Crippen LogP contribution in [0.5, 0.6) is 0 Å². The molecule has 1 aromatic carbocycles. The molecule has 1 amide bonds. The maximum atomic E-state index is 12.9. The van der Waals surface area contributed by atoms with Crippen molar-refractivity contribution in [3.8, 4) is 10.7 Å². The highest BCUT2D eigenvalue weighted by Crippen LogP contribution is 2.37. The molecule has 1 aliphatic carbocycles. The van der Waals surface area contributed by atoms with E-state index in [4.69, 9.17) is 0 Å². The van der Waals surface area contributed by atoms with Crippen molar-refractivity contribution >= 4 is 17.2 Å². The van der Waals surface area contributed by atoms with Crippen molar-refractivity contribution < 1.29 is 4.79 Å². The van der Waals surface area contributed by atoms with Gasteiger partial charge in [0.05, 0.1) is 4.88 Å². The van der Waals surface area contributed by atoms with E-state index in [1.165, 1.54) is 10.2 Å². The summed E-state index contributed by atoms with van der Waals surface area (Å²) in [7, 11) is 0. The summed E-state index contributed by atoms with van der Waals surface area (Å²) in [5.74, 6) is 1.30. The molecule has 3 heterocycles. The Morgan fingerprint density at radius 3 is 2.47 bits per heavy atom. The second kappa shape index (κ2) is 8.22. The predicted molar refractivity (Wildman–Crippen MR) is 118 cm³/mol. The summed E-state index contributed by atoms with van der Waals surface area (Å²) < 4.78 is 3.15. The molecule has 156 valence electrons. The summed E-state index contributed by atoms with van der Waals surface area (Å²) in [4.78, 5) is 28.7. The summed E-state index contributed by atoms with van der Waals surface area (Å²) in [6.45, 7) is 1.54. The highest BCUT2D eigenvalue weighted by molar-refractivity contribution is 7.13. The van der Waals surface area contributed by atoms with Gasteiger partial charge in [-0.25, -0.2) is 9.48 Å². The van der Waals surface area contributed by atoms with Crippen molar-refractivity contribution in [2.45, 2.75) is 44.7 Å². The molecule has 2 aliphatic rings. The molecule has 30 heavy (non-hydrogen) atoms. The van der Waals surface area contributed by atoms with E-state index in [0.717, 1.165) is 50.1 Å². The first-order valence-corrected chi connectivity index (χ1v) is 11.6. The standard InChI is InChI=1S/C23H26N4O2S/c28-21(25-12-10-18(11-13-25)15-17-5-2-1-3-6-17)16-26-23(29)27(19-8-9-19)22(24-26)20-7-4-14-30-20/h1-7,14,18-19H,8-13,15-16H2. The SMILES string of the molecule is O=C(Cn1nc(-c2cccs2)n(C2CC2)c1=O)N1CCC(Cc2ccccc2)CC1. The molecule has 0 radical (unpaired) electrons. The number of amides is 1. The van der Waals surface area contributed by atoms with E-state index in [1.807, 2.05) is 28.5 Å². The minimum atomic E-state index is -0.159. The van der Waals surface area contributed by atoms with Crippen LogP contribution in [-0.4, -0.2) is 38.2 Å². The molecule has 0 unspecified atom stereocenters. The molecule has 0 atom stereocenters. The van der Waals surface area contributed by atoms with Gasteiger partial charge in [0.2, 0.25) is 5.91 Å². The van der Waals surface area contributed by atoms with Crippen LogP contribution < -0.4 is 5.69 Å². The number of piperidine rings is 1. The molecule has 3 aromatic rings. The first-order valence-electron chi connectivity index (χ1n) is 10.7. The molecule has 1 saturated heterocycles. The predicted octanol–water partition coefficient (Wildman–Crippen LogP) is 3.59. The van der Waals surface area contributed by atoms with Crippen molar-refractivity contribution in [1.82, 2.24) is 19.2 Å². The monoisotopic (exact) mass is 422 g/mol. The van der Waals surface area contributed by atoms with E-state index in [-0.39, 0.29) is 24.2 Å². The van der Waals surface area contributed by atoms with Gasteiger partial charge in [0.1, 0.15) is 6.54 Å². The van der Waals surface area contributed by atoms with Gasteiger partial charge in [-0.2, -0.15) is 0 Å². The van der Waals surface area contributed by atoms with E-state index in [0.29, 0.717) is 11.7 Å². The Labute approximate surface area is 179 Å². The summed E-state index contributed by atoms with van der Waals surface area (Å²) in [6, 6.07) is 14.7. The lowest BCUT2D eigenvalue weighted by molar-refractivity contribution is -0.133. The van der Waals surface area contributed by atoms with Gasteiger partial charge in [-0.1, -0.05) is 36.4 Å². The number of hydrogen-bond acceptors (Lipinski definition) is 4. The van der Waals surface area contributed by atoms with E-state index >= 15 is 0 Å². The number of rotatable bonds is 6. The van der Waals surface area contributed by atoms with E-state index in [2.05, 4.69) is 29.4 Å². The molecule has 2 aromatic heterocycles. The highest BCUT2D eigenvalue weighted by atomic mass is 32.1. The van der Waals surface area contributed by atoms with Gasteiger partial charge in [0.25, 0.3) is 0 Å². The zero-order valence-electron chi connectivity index (χ0n) is 16.9. The average molecular weight is 423 g/mol. The maximum Gasteiger partial charge on any atom is 0.346 e. The Balaban J connectivity index is 1.24. The van der Waals surface area contributed by atoms with Crippen molar-refractivity contribution in [2.75, 3.05) is 13.1 Å². The summed E-state index contributed by atoms with van der Waals surface area (Å²) in [5.41, 5.74) is 1.20. The number of aromatic nitrogens is 3. The Hall–Kier alpha value is -2.67. The van der Waals surface area contributed by atoms with Gasteiger partial charge in [-0.3, -0.25) is 9.36 Å². The molecular weight excluding hydrogens is 396 g/mol. The van der Waals surface area contributed by atoms with Crippen molar-refractivity contribution in [2.24, 2.45) is 5.92 Å². The van der Waals surface area contributed by atoms with E-state index < -0.39 is 0 Å². The smallest absolute Gasteiger partial charge is 0.341 e. The largest absolute Gasteiger partial charge is 0.346 e. The Morgan fingerprint density at radius 2 is 1.80 bits per heavy atom. The lowest BCUT2D eigenvalue weighted by Crippen LogP contribution is -2.42. The topological polar surface area (TPSA) is 60.1 Å². The number of carbonyl (C=O) groups is 1. The van der Waals surface area contributed by atoms with Crippen LogP contribution in [0.3, 0.4) is 0 Å². The van der Waals surface area contributed by atoms with Crippen LogP contribution in [0.2, 0.25) is 0 Å². The number of benzene rings is 1. The van der Waals surface area contributed by atoms with Crippen LogP contribution >= 0.6 is 11.3 Å². The Morgan fingerprint density at radius 1 is 1.03 bits per heavy atom. The molecule has 0 spiro atoms. The minimum Gasteiger partial charge on any atom is -0.341 e. The third-order valence-electron chi connectivity index (χ3n) is 6.14. The van der Waals surface area contributed by atoms with Crippen LogP contribution in [0.1, 0.15) is 37.3 Å². The van der Waals surface area contributed by atoms with Crippen molar-refractivity contribution in [3.05, 3.63) is 63.9 Å². The zero-order chi connectivity index (χ0) is 20.5. The van der Waals surface area contributed by atoms with Gasteiger partial charge < -0.3 is 4.90 Å². The number of carbonyl (C=O) groups excluding carboxylic acids is 1. The molecule has 7 heteroatoms. The fourth-order valence-electron chi connectivity index (χ4n) is 4.32. The van der Waals surface area contributed by atoms with E-state index in [1.54, 1.807) is 15.9 Å². The van der Waals surface area contributed by atoms with E-state index in [9.17, 15) is 9.59 Å². The molecule has 1 aliphatic heterocycles. The third-order valence-corrected chi connectivity index (χ3v) is 7.01. The van der Waals surface area contributed by atoms with Crippen LogP contribution in [0.25, 0.3) is 10.7 Å². The van der Waals surface area contributed by atoms with Crippen LogP contribution in [0.4, 0.5) is 0 Å². The van der Waals surface area contributed by atoms with Gasteiger partial charge >= 0.3 is 5.69 Å². The minimum absolute atomic E-state index is 0.00608. The Bertz CT molecular complexity index is 1060. The molecule has 0 N–H and O–H groups in total. The highest BCUT2D eigenvalue weighted by Gasteiger charge is 2.31. The molecule has 5 rings (SSSR count). The molecule has 6 nitrogen and oxygen atoms in total. The second-order valence-electron chi connectivity index (χ2n) is 8.36. The number of likely N-dealkylation sites (tertiary alicyclic amines) is 1. The first-order chi connectivity index (χ1) is 14.7. The molecular formula is C23H26N4O2S. The number of nitrogens with zero attached hydrogens (tertiary/aromatic N) is 4. The summed E-state index contributed by atoms with van der Waals surface area (Å²) in [5, 5.41) is 6.54. The molecule has 0 bridgehead atoms. The van der Waals surface area contributed by atoms with Crippen LogP contribution in [0, 0.1) is 5.92 Å². The second-order valence-corrected chi connectivity index (χ2v) is 9.30. The quantitative estimate of drug-likeness (QED) is 0.610. The first kappa shape index (κ1) is 19.3. The summed E-state index contributed by atoms with van der Waals surface area (Å²) in [6.07, 6.45) is 5.09. The van der Waals surface area contributed by atoms with Gasteiger partial charge in [0, 0.05) is 19.1 Å². The molecule has 1 saturated carbocycles. The third kappa shape index (κ3) is 3.99. The average Bonchev–Trinajstić information content (AvgIpc) is 3.34. The number of hydrogen-bond donors (Lipinski definition) is 0. The fourth-order valence-corrected chi connectivity index (χ4v) is 5.03. The number of thiophene rings is 1. The molecule has 2 fully saturated rings. The zero-order valence-corrected chi connectivity index (χ0v) is 17.8. The van der Waals surface area contributed by atoms with Crippen molar-refractivity contribution in [1.29, 1.82) is 0 Å². The normalized spacial score (nSPS) is 17.4. The van der Waals surface area contributed by atoms with Crippen LogP contribution in [-0.2, 0) is 17.8 Å².